The van der Waals surface area contributed by atoms with Crippen LogP contribution in [0.2, 0.25) is 0 Å². The van der Waals surface area contributed by atoms with Crippen molar-refractivity contribution in [3.63, 3.8) is 0 Å². The van der Waals surface area contributed by atoms with Crippen molar-refractivity contribution in [2.45, 2.75) is 26.7 Å². The molecule has 1 aromatic rings. The number of nitrogens with zero attached hydrogens (tertiary/aromatic N) is 1. The van der Waals surface area contributed by atoms with Crippen molar-refractivity contribution in [3.8, 4) is 0 Å². The van der Waals surface area contributed by atoms with Crippen molar-refractivity contribution in [1.82, 2.24) is 10.6 Å². The highest BCUT2D eigenvalue weighted by Gasteiger charge is 1.98. The van der Waals surface area contributed by atoms with E-state index in [1.54, 1.807) is 0 Å². The highest BCUT2D eigenvalue weighted by atomic mass is 127. The number of hydrogen-bond acceptors (Lipinski definition) is 1. The minimum atomic E-state index is 0. The molecule has 0 atom stereocenters. The van der Waals surface area contributed by atoms with Crippen molar-refractivity contribution >= 4 is 29.9 Å². The summed E-state index contributed by atoms with van der Waals surface area (Å²) in [7, 11) is 1.81. The maximum atomic E-state index is 4.20. The summed E-state index contributed by atoms with van der Waals surface area (Å²) in [6.07, 6.45) is 2.22. The van der Waals surface area contributed by atoms with E-state index in [4.69, 9.17) is 0 Å². The van der Waals surface area contributed by atoms with Crippen molar-refractivity contribution < 1.29 is 0 Å². The van der Waals surface area contributed by atoms with Crippen molar-refractivity contribution in [2.24, 2.45) is 10.9 Å². The van der Waals surface area contributed by atoms with Crippen LogP contribution in [0.15, 0.2) is 35.3 Å². The molecule has 0 fully saturated rings. The molecule has 0 radical (unpaired) electrons. The lowest BCUT2D eigenvalue weighted by molar-refractivity contribution is 0.612. The summed E-state index contributed by atoms with van der Waals surface area (Å²) in [5, 5.41) is 6.64. The smallest absolute Gasteiger partial charge is 0.190 e. The lowest BCUT2D eigenvalue weighted by Gasteiger charge is -2.13. The average Bonchev–Trinajstić information content (AvgIpc) is 2.39. The standard InChI is InChI=1S/C15H25N3.HI/c1-13(2)12-18-15(16-3)17-11-7-10-14-8-5-4-6-9-14;/h4-6,8-9,13H,7,10-12H2,1-3H3,(H2,16,17,18);1H. The van der Waals surface area contributed by atoms with E-state index in [0.29, 0.717) is 5.92 Å². The molecular formula is C15H26IN3. The Labute approximate surface area is 134 Å². The van der Waals surface area contributed by atoms with Crippen LogP contribution in [-0.2, 0) is 6.42 Å². The Morgan fingerprint density at radius 1 is 1.16 bits per heavy atom. The third kappa shape index (κ3) is 8.86. The lowest BCUT2D eigenvalue weighted by Crippen LogP contribution is -2.39. The van der Waals surface area contributed by atoms with Gasteiger partial charge in [-0.05, 0) is 24.3 Å². The summed E-state index contributed by atoms with van der Waals surface area (Å²) in [4.78, 5) is 4.20. The molecule has 108 valence electrons. The van der Waals surface area contributed by atoms with E-state index in [0.717, 1.165) is 31.9 Å². The Morgan fingerprint density at radius 3 is 2.42 bits per heavy atom. The van der Waals surface area contributed by atoms with Crippen LogP contribution in [0.5, 0.6) is 0 Å². The number of benzene rings is 1. The molecule has 2 N–H and O–H groups in total. The first kappa shape index (κ1) is 18.2. The zero-order valence-corrected chi connectivity index (χ0v) is 14.5. The number of rotatable bonds is 6. The molecule has 3 nitrogen and oxygen atoms in total. The van der Waals surface area contributed by atoms with Gasteiger partial charge in [0.15, 0.2) is 5.96 Å². The molecule has 0 amide bonds. The van der Waals surface area contributed by atoms with E-state index in [-0.39, 0.29) is 24.0 Å². The fourth-order valence-electron chi connectivity index (χ4n) is 1.67. The maximum absolute atomic E-state index is 4.20. The van der Waals surface area contributed by atoms with Gasteiger partial charge >= 0.3 is 0 Å². The van der Waals surface area contributed by atoms with Crippen LogP contribution >= 0.6 is 24.0 Å². The maximum Gasteiger partial charge on any atom is 0.190 e. The largest absolute Gasteiger partial charge is 0.356 e. The van der Waals surface area contributed by atoms with Gasteiger partial charge in [-0.2, -0.15) is 0 Å². The molecule has 0 aliphatic carbocycles. The van der Waals surface area contributed by atoms with E-state index < -0.39 is 0 Å². The summed E-state index contributed by atoms with van der Waals surface area (Å²) >= 11 is 0. The third-order valence-corrected chi connectivity index (χ3v) is 2.68. The van der Waals surface area contributed by atoms with E-state index in [9.17, 15) is 0 Å². The molecule has 0 unspecified atom stereocenters. The zero-order chi connectivity index (χ0) is 13.2. The van der Waals surface area contributed by atoms with E-state index in [1.165, 1.54) is 5.56 Å². The first-order valence-electron chi connectivity index (χ1n) is 6.71. The first-order valence-corrected chi connectivity index (χ1v) is 6.71. The second-order valence-electron chi connectivity index (χ2n) is 4.86. The summed E-state index contributed by atoms with van der Waals surface area (Å²) < 4.78 is 0. The lowest BCUT2D eigenvalue weighted by atomic mass is 10.1. The van der Waals surface area contributed by atoms with Crippen LogP contribution in [0.25, 0.3) is 0 Å². The Bertz CT molecular complexity index is 350. The van der Waals surface area contributed by atoms with Gasteiger partial charge < -0.3 is 10.6 Å². The molecule has 0 bridgehead atoms. The van der Waals surface area contributed by atoms with Crippen LogP contribution in [0.3, 0.4) is 0 Å². The Kier molecular flexibility index (Phi) is 10.6. The van der Waals surface area contributed by atoms with E-state index in [2.05, 4.69) is 59.8 Å². The zero-order valence-electron chi connectivity index (χ0n) is 12.1. The second-order valence-corrected chi connectivity index (χ2v) is 4.86. The normalized spacial score (nSPS) is 11.1. The number of hydrogen-bond donors (Lipinski definition) is 2. The monoisotopic (exact) mass is 375 g/mol. The van der Waals surface area contributed by atoms with Gasteiger partial charge in [0.2, 0.25) is 0 Å². The van der Waals surface area contributed by atoms with Gasteiger partial charge in [0, 0.05) is 20.1 Å². The summed E-state index contributed by atoms with van der Waals surface area (Å²) in [5.74, 6) is 1.53. The molecule has 0 spiro atoms. The SMILES string of the molecule is CN=C(NCCCc1ccccc1)NCC(C)C.I. The van der Waals surface area contributed by atoms with Gasteiger partial charge in [-0.25, -0.2) is 0 Å². The van der Waals surface area contributed by atoms with Crippen LogP contribution in [-0.4, -0.2) is 26.1 Å². The van der Waals surface area contributed by atoms with Gasteiger partial charge in [-0.1, -0.05) is 44.2 Å². The first-order chi connectivity index (χ1) is 8.72. The van der Waals surface area contributed by atoms with Crippen molar-refractivity contribution in [1.29, 1.82) is 0 Å². The fraction of sp³-hybridized carbons (Fsp3) is 0.533. The molecule has 1 aromatic carbocycles. The number of aliphatic imine (C=N–C) groups is 1. The predicted molar refractivity (Wildman–Crippen MR) is 94.4 cm³/mol. The Balaban J connectivity index is 0.00000324. The van der Waals surface area contributed by atoms with E-state index >= 15 is 0 Å². The molecule has 1 rings (SSSR count). The molecule has 0 saturated heterocycles. The highest BCUT2D eigenvalue weighted by Crippen LogP contribution is 2.01. The number of nitrogens with one attached hydrogen (secondary N) is 2. The molecule has 19 heavy (non-hydrogen) atoms. The van der Waals surface area contributed by atoms with Crippen LogP contribution in [0, 0.1) is 5.92 Å². The molecular weight excluding hydrogens is 349 g/mol. The van der Waals surface area contributed by atoms with E-state index in [1.807, 2.05) is 7.05 Å². The quantitative estimate of drug-likeness (QED) is 0.347. The van der Waals surface area contributed by atoms with Crippen LogP contribution < -0.4 is 10.6 Å². The van der Waals surface area contributed by atoms with Crippen molar-refractivity contribution in [3.05, 3.63) is 35.9 Å². The average molecular weight is 375 g/mol. The Morgan fingerprint density at radius 2 is 1.84 bits per heavy atom. The van der Waals surface area contributed by atoms with Gasteiger partial charge in [0.05, 0.1) is 0 Å². The molecule has 0 saturated carbocycles. The Hall–Kier alpha value is -0.780. The summed E-state index contributed by atoms with van der Waals surface area (Å²) in [6.45, 7) is 6.29. The molecule has 0 heterocycles. The van der Waals surface area contributed by atoms with Crippen LogP contribution in [0.4, 0.5) is 0 Å². The van der Waals surface area contributed by atoms with Crippen molar-refractivity contribution in [2.75, 3.05) is 20.1 Å². The summed E-state index contributed by atoms with van der Waals surface area (Å²) in [6, 6.07) is 10.6. The number of halogens is 1. The topological polar surface area (TPSA) is 36.4 Å². The second kappa shape index (κ2) is 11.1. The predicted octanol–water partition coefficient (Wildman–Crippen LogP) is 3.06. The minimum Gasteiger partial charge on any atom is -0.356 e. The van der Waals surface area contributed by atoms with Gasteiger partial charge in [0.25, 0.3) is 0 Å². The molecule has 0 aliphatic rings. The minimum absolute atomic E-state index is 0. The van der Waals surface area contributed by atoms with Crippen LogP contribution in [0.1, 0.15) is 25.8 Å². The number of aryl methyl sites for hydroxylation is 1. The van der Waals surface area contributed by atoms with Gasteiger partial charge in [-0.3, -0.25) is 4.99 Å². The number of guanidine groups is 1. The van der Waals surface area contributed by atoms with Gasteiger partial charge in [-0.15, -0.1) is 24.0 Å². The summed E-state index contributed by atoms with van der Waals surface area (Å²) in [5.41, 5.74) is 1.39. The third-order valence-electron chi connectivity index (χ3n) is 2.68. The fourth-order valence-corrected chi connectivity index (χ4v) is 1.67. The van der Waals surface area contributed by atoms with Gasteiger partial charge in [0.1, 0.15) is 0 Å². The molecule has 0 aliphatic heterocycles. The molecule has 0 aromatic heterocycles. The highest BCUT2D eigenvalue weighted by molar-refractivity contribution is 14.0. The molecule has 4 heteroatoms.